The highest BCUT2D eigenvalue weighted by Crippen LogP contribution is 2.07. The van der Waals surface area contributed by atoms with Gasteiger partial charge in [0.2, 0.25) is 0 Å². The topological polar surface area (TPSA) is 0 Å². The van der Waals surface area contributed by atoms with Crippen LogP contribution in [0, 0.1) is 0 Å². The number of unbranched alkanes of at least 4 members (excludes halogenated alkanes) is 18. The highest BCUT2D eigenvalue weighted by atomic mass is 13.9. The molecular weight excluding hydrogens is 324 g/mol. The van der Waals surface area contributed by atoms with Crippen molar-refractivity contribution in [2.24, 2.45) is 0 Å². The lowest BCUT2D eigenvalue weighted by molar-refractivity contribution is 0.602. The molecular formula is C27H62. The van der Waals surface area contributed by atoms with Gasteiger partial charge in [0.05, 0.1) is 0 Å². The first kappa shape index (κ1) is 31.7. The maximum Gasteiger partial charge on any atom is 0 e. The van der Waals surface area contributed by atoms with E-state index in [1.54, 1.807) is 0 Å². The van der Waals surface area contributed by atoms with Crippen LogP contribution in [0.25, 0.3) is 0 Å². The molecule has 0 heterocycles. The van der Waals surface area contributed by atoms with E-state index in [2.05, 4.69) is 41.5 Å². The molecule has 0 saturated heterocycles. The van der Waals surface area contributed by atoms with Crippen LogP contribution < -0.4 is 0 Å². The van der Waals surface area contributed by atoms with E-state index in [-0.39, 0.29) is 1.43 Å². The van der Waals surface area contributed by atoms with Gasteiger partial charge in [0.15, 0.2) is 0 Å². The molecule has 0 unspecified atom stereocenters. The summed E-state index contributed by atoms with van der Waals surface area (Å²) in [5.74, 6) is 0. The molecule has 0 amide bonds. The second kappa shape index (κ2) is 36.8. The van der Waals surface area contributed by atoms with Crippen molar-refractivity contribution < 1.29 is 1.43 Å². The van der Waals surface area contributed by atoms with Crippen molar-refractivity contribution in [2.75, 3.05) is 0 Å². The van der Waals surface area contributed by atoms with Crippen LogP contribution >= 0.6 is 0 Å². The molecule has 0 bridgehead atoms. The lowest BCUT2D eigenvalue weighted by Gasteiger charge is -1.96. The Morgan fingerprint density at radius 3 is 0.444 bits per heavy atom. The van der Waals surface area contributed by atoms with Gasteiger partial charge in [0, 0.05) is 1.43 Å². The molecule has 0 atom stereocenters. The molecule has 170 valence electrons. The Labute approximate surface area is 178 Å². The minimum atomic E-state index is 0. The average Bonchev–Trinajstić information content (AvgIpc) is 2.69. The molecule has 0 aromatic carbocycles. The van der Waals surface area contributed by atoms with Gasteiger partial charge in [-0.15, -0.1) is 0 Å². The van der Waals surface area contributed by atoms with E-state index in [0.717, 1.165) is 0 Å². The van der Waals surface area contributed by atoms with Crippen LogP contribution in [0.15, 0.2) is 0 Å². The van der Waals surface area contributed by atoms with Crippen molar-refractivity contribution in [3.63, 3.8) is 0 Å². The van der Waals surface area contributed by atoms with E-state index >= 15 is 0 Å². The zero-order chi connectivity index (χ0) is 20.8. The zero-order valence-corrected chi connectivity index (χ0v) is 20.8. The van der Waals surface area contributed by atoms with Crippen LogP contribution in [-0.4, -0.2) is 0 Å². The largest absolute Gasteiger partial charge is 0.0654 e. The van der Waals surface area contributed by atoms with Crippen molar-refractivity contribution in [3.05, 3.63) is 0 Å². The van der Waals surface area contributed by atoms with E-state index in [4.69, 9.17) is 0 Å². The minimum absolute atomic E-state index is 0. The maximum absolute atomic E-state index is 2.26. The van der Waals surface area contributed by atoms with Crippen molar-refractivity contribution in [3.8, 4) is 0 Å². The molecule has 0 radical (unpaired) electrons. The Bertz CT molecular complexity index is 139. The normalized spacial score (nSPS) is 10.0. The fraction of sp³-hybridized carbons (Fsp3) is 1.00. The van der Waals surface area contributed by atoms with Crippen LogP contribution in [0.5, 0.6) is 0 Å². The van der Waals surface area contributed by atoms with Crippen LogP contribution in [0.3, 0.4) is 0 Å². The van der Waals surface area contributed by atoms with Gasteiger partial charge in [0.1, 0.15) is 0 Å². The Hall–Kier alpha value is 0. The molecule has 0 spiro atoms. The number of rotatable bonds is 18. The summed E-state index contributed by atoms with van der Waals surface area (Å²) in [5.41, 5.74) is 0. The first-order chi connectivity index (χ1) is 13.2. The van der Waals surface area contributed by atoms with E-state index in [0.29, 0.717) is 0 Å². The lowest BCUT2D eigenvalue weighted by atomic mass is 10.1. The predicted octanol–water partition coefficient (Wildman–Crippen LogP) is 11.5. The standard InChI is InChI=1S/3C9H20.H2/c3*1-3-5-7-9-8-6-4-2;/h3*3-9H2,1-2H3;1H/i;;;1+2. The highest BCUT2D eigenvalue weighted by Gasteiger charge is 1.87. The fourth-order valence-electron chi connectivity index (χ4n) is 3.09. The third-order valence-corrected chi connectivity index (χ3v) is 5.12. The summed E-state index contributed by atoms with van der Waals surface area (Å²) in [4.78, 5) is 0. The summed E-state index contributed by atoms with van der Waals surface area (Å²) in [6.07, 6.45) is 29.9. The highest BCUT2D eigenvalue weighted by molar-refractivity contribution is 4.43. The van der Waals surface area contributed by atoms with E-state index in [9.17, 15) is 0 Å². The SMILES string of the molecule is CCCCCCCCC.CCCCCCCCC.CCCCCCCCC.[3HH]. The van der Waals surface area contributed by atoms with Gasteiger partial charge in [-0.2, -0.15) is 0 Å². The number of hydrogen-bond acceptors (Lipinski definition) is 0. The number of hydrogen-bond donors (Lipinski definition) is 0. The Kier molecular flexibility index (Phi) is 43.2. The van der Waals surface area contributed by atoms with Crippen molar-refractivity contribution >= 4 is 0 Å². The summed E-state index contributed by atoms with van der Waals surface area (Å²) in [7, 11) is 0. The first-order valence-corrected chi connectivity index (χ1v) is 13.2. The molecule has 0 heteroatoms. The van der Waals surface area contributed by atoms with Gasteiger partial charge < -0.3 is 0 Å². The Morgan fingerprint density at radius 1 is 0.222 bits per heavy atom. The quantitative estimate of drug-likeness (QED) is 0.205. The van der Waals surface area contributed by atoms with Gasteiger partial charge in [-0.25, -0.2) is 0 Å². The first-order valence-electron chi connectivity index (χ1n) is 13.2. The minimum Gasteiger partial charge on any atom is -0.0654 e. The molecule has 0 aromatic rings. The summed E-state index contributed by atoms with van der Waals surface area (Å²) < 4.78 is 0. The van der Waals surface area contributed by atoms with E-state index in [1.165, 1.54) is 135 Å². The van der Waals surface area contributed by atoms with Gasteiger partial charge in [0.25, 0.3) is 0 Å². The molecule has 0 aliphatic carbocycles. The van der Waals surface area contributed by atoms with E-state index in [1.807, 2.05) is 0 Å². The molecule has 0 N–H and O–H groups in total. The second-order valence-corrected chi connectivity index (χ2v) is 8.30. The Balaban J connectivity index is -0.000000152. The lowest BCUT2D eigenvalue weighted by Crippen LogP contribution is -1.76. The fourth-order valence-corrected chi connectivity index (χ4v) is 3.09. The molecule has 0 rings (SSSR count). The third kappa shape index (κ3) is 46.2. The summed E-state index contributed by atoms with van der Waals surface area (Å²) in [6, 6.07) is 0. The molecule has 0 fully saturated rings. The van der Waals surface area contributed by atoms with E-state index < -0.39 is 0 Å². The molecule has 0 aliphatic heterocycles. The van der Waals surface area contributed by atoms with Gasteiger partial charge in [-0.3, -0.25) is 0 Å². The van der Waals surface area contributed by atoms with Gasteiger partial charge in [-0.05, 0) is 0 Å². The van der Waals surface area contributed by atoms with Crippen molar-refractivity contribution in [1.29, 1.82) is 0 Å². The third-order valence-electron chi connectivity index (χ3n) is 5.12. The summed E-state index contributed by atoms with van der Waals surface area (Å²) in [5, 5.41) is 0. The predicted molar refractivity (Wildman–Crippen MR) is 133 cm³/mol. The zero-order valence-electron chi connectivity index (χ0n) is 20.8. The maximum atomic E-state index is 2.26. The molecule has 0 saturated carbocycles. The van der Waals surface area contributed by atoms with Crippen molar-refractivity contribution in [2.45, 2.75) is 176 Å². The summed E-state index contributed by atoms with van der Waals surface area (Å²) in [6.45, 7) is 13.6. The molecule has 0 aromatic heterocycles. The molecule has 0 nitrogen and oxygen atoms in total. The van der Waals surface area contributed by atoms with Crippen LogP contribution in [0.4, 0.5) is 0 Å². The smallest absolute Gasteiger partial charge is 0 e. The molecule has 0 aliphatic rings. The van der Waals surface area contributed by atoms with Crippen LogP contribution in [0.2, 0.25) is 0 Å². The monoisotopic (exact) mass is 388 g/mol. The second-order valence-electron chi connectivity index (χ2n) is 8.30. The van der Waals surface area contributed by atoms with Crippen LogP contribution in [-0.2, 0) is 0 Å². The van der Waals surface area contributed by atoms with Crippen LogP contribution in [0.1, 0.15) is 178 Å². The molecule has 27 heavy (non-hydrogen) atoms. The Morgan fingerprint density at radius 2 is 0.333 bits per heavy atom. The summed E-state index contributed by atoms with van der Waals surface area (Å²) >= 11 is 0. The average molecular weight is 389 g/mol. The van der Waals surface area contributed by atoms with Crippen molar-refractivity contribution in [1.82, 2.24) is 0 Å². The van der Waals surface area contributed by atoms with Gasteiger partial charge >= 0.3 is 0 Å². The van der Waals surface area contributed by atoms with Gasteiger partial charge in [-0.1, -0.05) is 176 Å².